The van der Waals surface area contributed by atoms with Crippen molar-refractivity contribution in [2.75, 3.05) is 13.2 Å². The van der Waals surface area contributed by atoms with E-state index in [1.165, 1.54) is 0 Å². The van der Waals surface area contributed by atoms with E-state index in [2.05, 4.69) is 5.32 Å². The lowest BCUT2D eigenvalue weighted by atomic mass is 9.79. The standard InChI is InChI=1S/C27H35NO8/c1-7-31-24(29)18-15(3)28-16(4)19(25(30)32-8-2)20(18)21-22(33-14-17-12-10-9-11-13-17)23-26(34-21)36-27(5,6)35-23/h9-13,20-23,26,28H,7-8,14H2,1-6H3/t21-,22?,23?,26?/m0/s1. The first-order chi connectivity index (χ1) is 17.2. The number of esters is 2. The van der Waals surface area contributed by atoms with Gasteiger partial charge < -0.3 is 33.7 Å². The maximum atomic E-state index is 13.2. The average Bonchev–Trinajstić information content (AvgIpc) is 3.29. The fourth-order valence-electron chi connectivity index (χ4n) is 5.06. The molecule has 9 heteroatoms. The molecule has 4 atom stereocenters. The highest BCUT2D eigenvalue weighted by molar-refractivity contribution is 5.98. The number of rotatable bonds is 8. The molecule has 3 aliphatic rings. The second-order valence-electron chi connectivity index (χ2n) is 9.45. The molecule has 0 aromatic heterocycles. The number of benzene rings is 1. The molecule has 0 amide bonds. The number of dihydropyridines is 1. The van der Waals surface area contributed by atoms with E-state index in [1.54, 1.807) is 27.7 Å². The van der Waals surface area contributed by atoms with Crippen LogP contribution in [0.3, 0.4) is 0 Å². The van der Waals surface area contributed by atoms with Crippen molar-refractivity contribution in [1.29, 1.82) is 0 Å². The van der Waals surface area contributed by atoms with Gasteiger partial charge in [-0.25, -0.2) is 9.59 Å². The van der Waals surface area contributed by atoms with Crippen LogP contribution in [0.5, 0.6) is 0 Å². The minimum absolute atomic E-state index is 0.185. The van der Waals surface area contributed by atoms with Crippen LogP contribution in [-0.2, 0) is 44.6 Å². The Hall–Kier alpha value is -2.72. The van der Waals surface area contributed by atoms with E-state index in [0.29, 0.717) is 22.5 Å². The Morgan fingerprint density at radius 3 is 2.06 bits per heavy atom. The van der Waals surface area contributed by atoms with Crippen molar-refractivity contribution in [3.05, 3.63) is 58.4 Å². The van der Waals surface area contributed by atoms with Crippen LogP contribution in [0.1, 0.15) is 47.1 Å². The molecule has 0 aliphatic carbocycles. The van der Waals surface area contributed by atoms with Gasteiger partial charge in [0.1, 0.15) is 18.3 Å². The normalized spacial score (nSPS) is 27.6. The average molecular weight is 502 g/mol. The molecular formula is C27H35NO8. The maximum absolute atomic E-state index is 13.2. The molecule has 0 spiro atoms. The largest absolute Gasteiger partial charge is 0.463 e. The van der Waals surface area contributed by atoms with Gasteiger partial charge >= 0.3 is 11.9 Å². The van der Waals surface area contributed by atoms with Crippen molar-refractivity contribution in [1.82, 2.24) is 5.32 Å². The van der Waals surface area contributed by atoms with E-state index >= 15 is 0 Å². The van der Waals surface area contributed by atoms with Gasteiger partial charge in [-0.1, -0.05) is 30.3 Å². The first kappa shape index (κ1) is 26.3. The van der Waals surface area contributed by atoms with Crippen LogP contribution in [-0.4, -0.2) is 55.5 Å². The predicted molar refractivity (Wildman–Crippen MR) is 129 cm³/mol. The Bertz CT molecular complexity index is 1010. The van der Waals surface area contributed by atoms with Gasteiger partial charge in [-0.2, -0.15) is 0 Å². The first-order valence-corrected chi connectivity index (χ1v) is 12.4. The Labute approximate surface area is 211 Å². The molecule has 1 N–H and O–H groups in total. The SMILES string of the molecule is CCOC(=O)C1=C(C)NC(C)=C(C(=O)OCC)C1[C@@H]1OC2OC(C)(C)OC2C1OCc1ccccc1. The third-order valence-electron chi connectivity index (χ3n) is 6.44. The minimum Gasteiger partial charge on any atom is -0.463 e. The van der Waals surface area contributed by atoms with Crippen LogP contribution in [0.2, 0.25) is 0 Å². The molecule has 2 fully saturated rings. The van der Waals surface area contributed by atoms with E-state index < -0.39 is 48.2 Å². The van der Waals surface area contributed by atoms with E-state index in [4.69, 9.17) is 28.4 Å². The molecule has 3 heterocycles. The molecular weight excluding hydrogens is 466 g/mol. The van der Waals surface area contributed by atoms with E-state index in [-0.39, 0.29) is 19.8 Å². The van der Waals surface area contributed by atoms with Gasteiger partial charge in [-0.05, 0) is 47.1 Å². The van der Waals surface area contributed by atoms with Crippen molar-refractivity contribution in [3.8, 4) is 0 Å². The molecule has 196 valence electrons. The maximum Gasteiger partial charge on any atom is 0.336 e. The van der Waals surface area contributed by atoms with Crippen LogP contribution in [0.25, 0.3) is 0 Å². The van der Waals surface area contributed by atoms with Crippen LogP contribution < -0.4 is 5.32 Å². The predicted octanol–water partition coefficient (Wildman–Crippen LogP) is 3.34. The summed E-state index contributed by atoms with van der Waals surface area (Å²) < 4.78 is 35.8. The summed E-state index contributed by atoms with van der Waals surface area (Å²) in [4.78, 5) is 26.4. The van der Waals surface area contributed by atoms with Gasteiger partial charge in [-0.3, -0.25) is 0 Å². The highest BCUT2D eigenvalue weighted by Gasteiger charge is 2.59. The number of hydrogen-bond acceptors (Lipinski definition) is 9. The number of ether oxygens (including phenoxy) is 6. The third-order valence-corrected chi connectivity index (χ3v) is 6.44. The molecule has 0 bridgehead atoms. The zero-order chi connectivity index (χ0) is 26.0. The van der Waals surface area contributed by atoms with Crippen LogP contribution >= 0.6 is 0 Å². The van der Waals surface area contributed by atoms with Crippen molar-refractivity contribution < 1.29 is 38.0 Å². The monoisotopic (exact) mass is 501 g/mol. The Morgan fingerprint density at radius 1 is 0.917 bits per heavy atom. The van der Waals surface area contributed by atoms with Gasteiger partial charge in [0.25, 0.3) is 0 Å². The van der Waals surface area contributed by atoms with Crippen molar-refractivity contribution in [3.63, 3.8) is 0 Å². The number of carbonyl (C=O) groups excluding carboxylic acids is 2. The molecule has 0 saturated carbocycles. The van der Waals surface area contributed by atoms with Gasteiger partial charge in [0, 0.05) is 11.4 Å². The Morgan fingerprint density at radius 2 is 1.50 bits per heavy atom. The summed E-state index contributed by atoms with van der Waals surface area (Å²) in [6.07, 6.45) is -2.70. The highest BCUT2D eigenvalue weighted by Crippen LogP contribution is 2.46. The fourth-order valence-corrected chi connectivity index (χ4v) is 5.06. The molecule has 3 unspecified atom stereocenters. The highest BCUT2D eigenvalue weighted by atomic mass is 16.8. The first-order valence-electron chi connectivity index (χ1n) is 12.4. The van der Waals surface area contributed by atoms with Crippen LogP contribution in [0.4, 0.5) is 0 Å². The molecule has 3 aliphatic heterocycles. The summed E-state index contributed by atoms with van der Waals surface area (Å²) in [5.74, 6) is -2.75. The second kappa shape index (κ2) is 10.7. The summed E-state index contributed by atoms with van der Waals surface area (Å²) >= 11 is 0. The summed E-state index contributed by atoms with van der Waals surface area (Å²) in [7, 11) is 0. The minimum atomic E-state index is -0.867. The van der Waals surface area contributed by atoms with Crippen molar-refractivity contribution in [2.24, 2.45) is 5.92 Å². The van der Waals surface area contributed by atoms with E-state index in [0.717, 1.165) is 5.56 Å². The quantitative estimate of drug-likeness (QED) is 0.538. The lowest BCUT2D eigenvalue weighted by molar-refractivity contribution is -0.223. The zero-order valence-electron chi connectivity index (χ0n) is 21.7. The number of nitrogens with one attached hydrogen (secondary N) is 1. The molecule has 2 saturated heterocycles. The number of carbonyl (C=O) groups is 2. The van der Waals surface area contributed by atoms with Crippen molar-refractivity contribution >= 4 is 11.9 Å². The summed E-state index contributed by atoms with van der Waals surface area (Å²) in [6, 6.07) is 9.73. The molecule has 1 aromatic rings. The van der Waals surface area contributed by atoms with Crippen molar-refractivity contribution in [2.45, 2.75) is 78.5 Å². The van der Waals surface area contributed by atoms with Gasteiger partial charge in [0.15, 0.2) is 12.1 Å². The van der Waals surface area contributed by atoms with Gasteiger partial charge in [0.2, 0.25) is 0 Å². The summed E-state index contributed by atoms with van der Waals surface area (Å²) in [5.41, 5.74) is 2.71. The van der Waals surface area contributed by atoms with Gasteiger partial charge in [-0.15, -0.1) is 0 Å². The molecule has 9 nitrogen and oxygen atoms in total. The smallest absolute Gasteiger partial charge is 0.336 e. The topological polar surface area (TPSA) is 102 Å². The fraction of sp³-hybridized carbons (Fsp3) is 0.556. The lowest BCUT2D eigenvalue weighted by Crippen LogP contribution is -2.46. The number of hydrogen-bond donors (Lipinski definition) is 1. The van der Waals surface area contributed by atoms with Gasteiger partial charge in [0.05, 0.1) is 36.9 Å². The third kappa shape index (κ3) is 5.20. The zero-order valence-corrected chi connectivity index (χ0v) is 21.7. The molecule has 1 aromatic carbocycles. The number of allylic oxidation sites excluding steroid dienone is 2. The Balaban J connectivity index is 1.75. The second-order valence-corrected chi connectivity index (χ2v) is 9.45. The summed E-state index contributed by atoms with van der Waals surface area (Å²) in [5, 5.41) is 3.15. The van der Waals surface area contributed by atoms with E-state index in [1.807, 2.05) is 44.2 Å². The van der Waals surface area contributed by atoms with Crippen LogP contribution in [0.15, 0.2) is 52.9 Å². The molecule has 4 rings (SSSR count). The number of fused-ring (bicyclic) bond motifs is 1. The van der Waals surface area contributed by atoms with Crippen LogP contribution in [0, 0.1) is 5.92 Å². The lowest BCUT2D eigenvalue weighted by Gasteiger charge is -2.36. The Kier molecular flexibility index (Phi) is 7.85. The molecule has 36 heavy (non-hydrogen) atoms. The molecule has 0 radical (unpaired) electrons. The van der Waals surface area contributed by atoms with E-state index in [9.17, 15) is 9.59 Å². The summed E-state index contributed by atoms with van der Waals surface area (Å²) in [6.45, 7) is 11.3.